The van der Waals surface area contributed by atoms with Crippen LogP contribution in [0.3, 0.4) is 0 Å². The first kappa shape index (κ1) is 6.69. The quantitative estimate of drug-likeness (QED) is 0.482. The van der Waals surface area contributed by atoms with E-state index in [4.69, 9.17) is 0 Å². The van der Waals surface area contributed by atoms with Gasteiger partial charge in [-0.1, -0.05) is 27.2 Å². The van der Waals surface area contributed by atoms with Crippen molar-refractivity contribution in [1.82, 2.24) is 0 Å². The molecule has 10 heavy (non-hydrogen) atoms. The van der Waals surface area contributed by atoms with Crippen molar-refractivity contribution in [1.29, 1.82) is 0 Å². The predicted octanol–water partition coefficient (Wildman–Crippen LogP) is 3.08. The molecular weight excluding hydrogens is 120 g/mol. The monoisotopic (exact) mass is 138 g/mol. The van der Waals surface area contributed by atoms with Crippen LogP contribution in [-0.2, 0) is 0 Å². The van der Waals surface area contributed by atoms with Gasteiger partial charge in [-0.05, 0) is 36.0 Å². The molecule has 0 amide bonds. The summed E-state index contributed by atoms with van der Waals surface area (Å²) in [7, 11) is 0. The minimum atomic E-state index is 0.607. The summed E-state index contributed by atoms with van der Waals surface area (Å²) in [5.41, 5.74) is 0.607. The molecule has 0 aromatic carbocycles. The van der Waals surface area contributed by atoms with Crippen molar-refractivity contribution in [3.8, 4) is 0 Å². The Hall–Kier alpha value is 0. The first-order valence-electron chi connectivity index (χ1n) is 4.61. The van der Waals surface area contributed by atoms with Crippen molar-refractivity contribution in [3.63, 3.8) is 0 Å². The lowest BCUT2D eigenvalue weighted by atomic mass is 9.86. The third-order valence-electron chi connectivity index (χ3n) is 3.41. The normalized spacial score (nSPS) is 45.3. The molecule has 0 bridgehead atoms. The zero-order valence-electron chi connectivity index (χ0n) is 7.35. The highest BCUT2D eigenvalue weighted by atomic mass is 14.6. The van der Waals surface area contributed by atoms with Crippen LogP contribution >= 0.6 is 0 Å². The molecule has 0 heteroatoms. The second kappa shape index (κ2) is 1.78. The smallest absolute Gasteiger partial charge is 0.0303 e. The molecule has 2 fully saturated rings. The molecule has 2 aliphatic carbocycles. The third kappa shape index (κ3) is 0.810. The summed E-state index contributed by atoms with van der Waals surface area (Å²) in [6, 6.07) is 0. The molecule has 0 nitrogen and oxygen atoms in total. The van der Waals surface area contributed by atoms with Gasteiger partial charge in [0.1, 0.15) is 0 Å². The van der Waals surface area contributed by atoms with E-state index in [1.54, 1.807) is 0 Å². The van der Waals surface area contributed by atoms with E-state index in [1.807, 2.05) is 0 Å². The summed E-state index contributed by atoms with van der Waals surface area (Å²) in [6.07, 6.45) is 4.58. The van der Waals surface area contributed by atoms with Gasteiger partial charge in [0.15, 0.2) is 0 Å². The Morgan fingerprint density at radius 1 is 1.00 bits per heavy atom. The van der Waals surface area contributed by atoms with Crippen molar-refractivity contribution in [3.05, 3.63) is 0 Å². The molecule has 58 valence electrons. The molecule has 0 N–H and O–H groups in total. The van der Waals surface area contributed by atoms with Gasteiger partial charge in [0.25, 0.3) is 0 Å². The topological polar surface area (TPSA) is 0 Å². The second-order valence-electron chi connectivity index (χ2n) is 5.15. The highest BCUT2D eigenvalue weighted by Crippen LogP contribution is 2.64. The van der Waals surface area contributed by atoms with Crippen LogP contribution in [0.15, 0.2) is 0 Å². The van der Waals surface area contributed by atoms with Gasteiger partial charge in [-0.25, -0.2) is 0 Å². The molecule has 0 heterocycles. The van der Waals surface area contributed by atoms with E-state index < -0.39 is 0 Å². The van der Waals surface area contributed by atoms with Crippen molar-refractivity contribution in [2.75, 3.05) is 0 Å². The molecular formula is C10H18. The molecule has 0 saturated heterocycles. The van der Waals surface area contributed by atoms with E-state index in [0.717, 1.165) is 17.8 Å². The summed E-state index contributed by atoms with van der Waals surface area (Å²) in [5.74, 6) is 3.36. The molecule has 0 aromatic rings. The van der Waals surface area contributed by atoms with Crippen molar-refractivity contribution < 1.29 is 0 Å². The fourth-order valence-corrected chi connectivity index (χ4v) is 3.11. The van der Waals surface area contributed by atoms with Crippen LogP contribution in [0.25, 0.3) is 0 Å². The highest BCUT2D eigenvalue weighted by molar-refractivity contribution is 5.05. The first-order chi connectivity index (χ1) is 4.61. The average molecular weight is 138 g/mol. The molecule has 2 unspecified atom stereocenters. The minimum Gasteiger partial charge on any atom is -0.0599 e. The van der Waals surface area contributed by atoms with Gasteiger partial charge in [-0.15, -0.1) is 0 Å². The van der Waals surface area contributed by atoms with E-state index in [2.05, 4.69) is 20.8 Å². The Bertz CT molecular complexity index is 131. The Balaban J connectivity index is 2.01. The van der Waals surface area contributed by atoms with Gasteiger partial charge in [0.2, 0.25) is 0 Å². The lowest BCUT2D eigenvalue weighted by Crippen LogP contribution is -2.11. The van der Waals surface area contributed by atoms with E-state index in [1.165, 1.54) is 19.3 Å². The summed E-state index contributed by atoms with van der Waals surface area (Å²) in [4.78, 5) is 0. The number of rotatable bonds is 0. The Morgan fingerprint density at radius 3 is 1.80 bits per heavy atom. The Morgan fingerprint density at radius 2 is 1.50 bits per heavy atom. The van der Waals surface area contributed by atoms with Crippen LogP contribution in [0.1, 0.15) is 40.0 Å². The lowest BCUT2D eigenvalue weighted by molar-refractivity contribution is 0.299. The fourth-order valence-electron chi connectivity index (χ4n) is 3.11. The van der Waals surface area contributed by atoms with Gasteiger partial charge in [0, 0.05) is 0 Å². The molecule has 2 saturated carbocycles. The molecule has 0 spiro atoms. The Kier molecular flexibility index (Phi) is 1.19. The molecule has 2 aliphatic rings. The molecule has 0 aliphatic heterocycles. The number of hydrogen-bond donors (Lipinski definition) is 0. The predicted molar refractivity (Wildman–Crippen MR) is 43.8 cm³/mol. The van der Waals surface area contributed by atoms with Crippen molar-refractivity contribution in [2.45, 2.75) is 40.0 Å². The first-order valence-corrected chi connectivity index (χ1v) is 4.61. The maximum absolute atomic E-state index is 2.40. The van der Waals surface area contributed by atoms with Crippen LogP contribution in [0.4, 0.5) is 0 Å². The van der Waals surface area contributed by atoms with Gasteiger partial charge in [-0.3, -0.25) is 0 Å². The van der Waals surface area contributed by atoms with Crippen LogP contribution in [-0.4, -0.2) is 0 Å². The van der Waals surface area contributed by atoms with Crippen LogP contribution in [0.5, 0.6) is 0 Å². The van der Waals surface area contributed by atoms with E-state index in [0.29, 0.717) is 5.41 Å². The zero-order chi connectivity index (χ0) is 7.35. The molecule has 2 rings (SSSR count). The van der Waals surface area contributed by atoms with E-state index >= 15 is 0 Å². The molecule has 0 radical (unpaired) electrons. The third-order valence-corrected chi connectivity index (χ3v) is 3.41. The maximum atomic E-state index is 2.40. The second-order valence-corrected chi connectivity index (χ2v) is 5.15. The maximum Gasteiger partial charge on any atom is -0.0303 e. The van der Waals surface area contributed by atoms with E-state index in [-0.39, 0.29) is 0 Å². The van der Waals surface area contributed by atoms with Crippen LogP contribution in [0.2, 0.25) is 0 Å². The summed E-state index contributed by atoms with van der Waals surface area (Å²) in [6.45, 7) is 7.20. The van der Waals surface area contributed by atoms with Crippen LogP contribution in [0, 0.1) is 23.2 Å². The minimum absolute atomic E-state index is 0.607. The highest BCUT2D eigenvalue weighted by Gasteiger charge is 2.56. The SMILES string of the molecule is CC(C)(C)C1C2CCCC21. The van der Waals surface area contributed by atoms with Crippen molar-refractivity contribution in [2.24, 2.45) is 23.2 Å². The average Bonchev–Trinajstić information content (AvgIpc) is 2.30. The summed E-state index contributed by atoms with van der Waals surface area (Å²) < 4.78 is 0. The standard InChI is InChI=1S/C10H18/c1-10(2,3)9-7-5-4-6-8(7)9/h7-9H,4-6H2,1-3H3. The largest absolute Gasteiger partial charge is 0.0599 e. The van der Waals surface area contributed by atoms with Gasteiger partial charge < -0.3 is 0 Å². The molecule has 2 atom stereocenters. The van der Waals surface area contributed by atoms with Gasteiger partial charge >= 0.3 is 0 Å². The number of fused-ring (bicyclic) bond motifs is 1. The Labute approximate surface area is 64.0 Å². The number of hydrogen-bond acceptors (Lipinski definition) is 0. The van der Waals surface area contributed by atoms with Gasteiger partial charge in [-0.2, -0.15) is 0 Å². The summed E-state index contributed by atoms with van der Waals surface area (Å²) >= 11 is 0. The fraction of sp³-hybridized carbons (Fsp3) is 1.00. The van der Waals surface area contributed by atoms with E-state index in [9.17, 15) is 0 Å². The summed E-state index contributed by atoms with van der Waals surface area (Å²) in [5, 5.41) is 0. The lowest BCUT2D eigenvalue weighted by Gasteiger charge is -2.20. The zero-order valence-corrected chi connectivity index (χ0v) is 7.35. The van der Waals surface area contributed by atoms with Crippen molar-refractivity contribution >= 4 is 0 Å². The van der Waals surface area contributed by atoms with Crippen LogP contribution < -0.4 is 0 Å². The van der Waals surface area contributed by atoms with Gasteiger partial charge in [0.05, 0.1) is 0 Å². The molecule has 0 aromatic heterocycles.